The number of hydrogen-bond acceptors (Lipinski definition) is 2. The fourth-order valence-corrected chi connectivity index (χ4v) is 2.66. The summed E-state index contributed by atoms with van der Waals surface area (Å²) in [4.78, 5) is 12.1. The van der Waals surface area contributed by atoms with E-state index in [1.165, 1.54) is 31.9 Å². The Balaban J connectivity index is 2.22. The van der Waals surface area contributed by atoms with E-state index >= 15 is 0 Å². The number of carbonyl (C=O) groups excluding carboxylic acids is 1. The van der Waals surface area contributed by atoms with Gasteiger partial charge in [-0.25, -0.2) is 4.79 Å². The smallest absolute Gasteiger partial charge is 0.334 e. The lowest BCUT2D eigenvalue weighted by molar-refractivity contribution is -0.136. The van der Waals surface area contributed by atoms with Gasteiger partial charge in [-0.3, -0.25) is 0 Å². The van der Waals surface area contributed by atoms with Crippen LogP contribution in [-0.4, -0.2) is 13.1 Å². The van der Waals surface area contributed by atoms with Crippen molar-refractivity contribution in [2.75, 3.05) is 7.11 Å². The SMILES string of the molecule is CCCCCC=C1C=CC(c2ccccc2)=C(C(=O)OC)C1. The number of unbranched alkanes of at least 4 members (excludes halogenated alkanes) is 3. The van der Waals surface area contributed by atoms with E-state index in [4.69, 9.17) is 4.74 Å². The molecule has 22 heavy (non-hydrogen) atoms. The van der Waals surface area contributed by atoms with E-state index in [2.05, 4.69) is 19.1 Å². The van der Waals surface area contributed by atoms with Crippen LogP contribution in [0.4, 0.5) is 0 Å². The molecule has 0 amide bonds. The van der Waals surface area contributed by atoms with E-state index in [1.807, 2.05) is 36.4 Å². The average molecular weight is 296 g/mol. The van der Waals surface area contributed by atoms with Gasteiger partial charge < -0.3 is 4.74 Å². The molecule has 0 heterocycles. The van der Waals surface area contributed by atoms with Crippen LogP contribution in [0.3, 0.4) is 0 Å². The van der Waals surface area contributed by atoms with Gasteiger partial charge in [0.25, 0.3) is 0 Å². The Bertz CT molecular complexity index is 591. The number of allylic oxidation sites excluding steroid dienone is 5. The highest BCUT2D eigenvalue weighted by molar-refractivity contribution is 6.01. The second-order valence-corrected chi connectivity index (χ2v) is 5.53. The topological polar surface area (TPSA) is 26.3 Å². The van der Waals surface area contributed by atoms with Crippen LogP contribution in [0.5, 0.6) is 0 Å². The molecule has 0 saturated carbocycles. The average Bonchev–Trinajstić information content (AvgIpc) is 2.58. The van der Waals surface area contributed by atoms with Crippen LogP contribution < -0.4 is 0 Å². The summed E-state index contributed by atoms with van der Waals surface area (Å²) < 4.78 is 4.97. The van der Waals surface area contributed by atoms with Gasteiger partial charge in [-0.05, 0) is 29.6 Å². The summed E-state index contributed by atoms with van der Waals surface area (Å²) in [5.74, 6) is -0.234. The third-order valence-electron chi connectivity index (χ3n) is 3.90. The van der Waals surface area contributed by atoms with Crippen LogP contribution in [-0.2, 0) is 9.53 Å². The number of methoxy groups -OCH3 is 1. The summed E-state index contributed by atoms with van der Waals surface area (Å²) in [7, 11) is 1.45. The lowest BCUT2D eigenvalue weighted by Crippen LogP contribution is -2.10. The molecule has 0 fully saturated rings. The lowest BCUT2D eigenvalue weighted by Gasteiger charge is -2.17. The highest BCUT2D eigenvalue weighted by Crippen LogP contribution is 2.31. The summed E-state index contributed by atoms with van der Waals surface area (Å²) in [6.07, 6.45) is 11.8. The first-order valence-corrected chi connectivity index (χ1v) is 8.00. The second kappa shape index (κ2) is 8.38. The van der Waals surface area contributed by atoms with Gasteiger partial charge in [0.1, 0.15) is 0 Å². The Kier molecular flexibility index (Phi) is 6.20. The molecule has 0 bridgehead atoms. The Labute approximate surface area is 133 Å². The number of benzene rings is 1. The molecule has 0 spiro atoms. The number of ether oxygens (including phenoxy) is 1. The van der Waals surface area contributed by atoms with Crippen molar-refractivity contribution in [2.45, 2.75) is 39.0 Å². The maximum absolute atomic E-state index is 12.1. The van der Waals surface area contributed by atoms with E-state index < -0.39 is 0 Å². The second-order valence-electron chi connectivity index (χ2n) is 5.53. The van der Waals surface area contributed by atoms with Crippen LogP contribution in [0.25, 0.3) is 5.57 Å². The molecule has 1 aromatic rings. The van der Waals surface area contributed by atoms with Crippen LogP contribution in [0.15, 0.2) is 59.7 Å². The molecule has 2 heteroatoms. The predicted octanol–water partition coefficient (Wildman–Crippen LogP) is 5.08. The number of esters is 1. The van der Waals surface area contributed by atoms with Gasteiger partial charge in [0.2, 0.25) is 0 Å². The van der Waals surface area contributed by atoms with Gasteiger partial charge in [-0.2, -0.15) is 0 Å². The Morgan fingerprint density at radius 2 is 1.95 bits per heavy atom. The van der Waals surface area contributed by atoms with Gasteiger partial charge in [0.15, 0.2) is 0 Å². The van der Waals surface area contributed by atoms with E-state index in [1.54, 1.807) is 0 Å². The van der Waals surface area contributed by atoms with Crippen molar-refractivity contribution in [3.05, 3.63) is 65.3 Å². The van der Waals surface area contributed by atoms with Crippen molar-refractivity contribution >= 4 is 11.5 Å². The molecule has 0 aromatic heterocycles. The minimum atomic E-state index is -0.234. The maximum Gasteiger partial charge on any atom is 0.334 e. The molecule has 0 atom stereocenters. The van der Waals surface area contributed by atoms with Crippen molar-refractivity contribution in [3.8, 4) is 0 Å². The Hall–Kier alpha value is -2.09. The predicted molar refractivity (Wildman–Crippen MR) is 91.4 cm³/mol. The first kappa shape index (κ1) is 16.3. The monoisotopic (exact) mass is 296 g/mol. The molecule has 1 aliphatic carbocycles. The summed E-state index contributed by atoms with van der Waals surface area (Å²) in [6.45, 7) is 2.21. The third kappa shape index (κ3) is 4.20. The highest BCUT2D eigenvalue weighted by Gasteiger charge is 2.19. The standard InChI is InChI=1S/C20H24O2/c1-3-4-5-7-10-16-13-14-18(17-11-8-6-9-12-17)19(15-16)20(21)22-2/h6,8-14H,3-5,7,15H2,1-2H3. The van der Waals surface area contributed by atoms with Gasteiger partial charge in [0.05, 0.1) is 7.11 Å². The molecule has 0 unspecified atom stereocenters. The molecule has 0 aliphatic heterocycles. The van der Waals surface area contributed by atoms with Gasteiger partial charge in [-0.15, -0.1) is 0 Å². The van der Waals surface area contributed by atoms with Gasteiger partial charge in [0, 0.05) is 12.0 Å². The molecular weight excluding hydrogens is 272 g/mol. The van der Waals surface area contributed by atoms with E-state index in [-0.39, 0.29) is 5.97 Å². The minimum Gasteiger partial charge on any atom is -0.466 e. The van der Waals surface area contributed by atoms with Gasteiger partial charge in [-0.1, -0.05) is 68.3 Å². The summed E-state index contributed by atoms with van der Waals surface area (Å²) in [5.41, 5.74) is 3.98. The quantitative estimate of drug-likeness (QED) is 0.540. The van der Waals surface area contributed by atoms with Crippen molar-refractivity contribution in [3.63, 3.8) is 0 Å². The molecule has 0 N–H and O–H groups in total. The molecule has 0 saturated heterocycles. The maximum atomic E-state index is 12.1. The van der Waals surface area contributed by atoms with E-state index in [0.717, 1.165) is 23.1 Å². The summed E-state index contributed by atoms with van der Waals surface area (Å²) >= 11 is 0. The zero-order chi connectivity index (χ0) is 15.8. The largest absolute Gasteiger partial charge is 0.466 e. The third-order valence-corrected chi connectivity index (χ3v) is 3.90. The van der Waals surface area contributed by atoms with Crippen molar-refractivity contribution in [1.82, 2.24) is 0 Å². The normalized spacial score (nSPS) is 16.2. The Morgan fingerprint density at radius 3 is 2.64 bits per heavy atom. The molecule has 116 valence electrons. The first-order chi connectivity index (χ1) is 10.8. The Morgan fingerprint density at radius 1 is 1.18 bits per heavy atom. The van der Waals surface area contributed by atoms with Crippen molar-refractivity contribution < 1.29 is 9.53 Å². The number of rotatable bonds is 6. The van der Waals surface area contributed by atoms with Crippen LogP contribution >= 0.6 is 0 Å². The van der Waals surface area contributed by atoms with E-state index in [0.29, 0.717) is 6.42 Å². The van der Waals surface area contributed by atoms with Crippen molar-refractivity contribution in [2.24, 2.45) is 0 Å². The minimum absolute atomic E-state index is 0.234. The molecular formula is C20H24O2. The van der Waals surface area contributed by atoms with Crippen LogP contribution in [0.2, 0.25) is 0 Å². The number of hydrogen-bond donors (Lipinski definition) is 0. The highest BCUT2D eigenvalue weighted by atomic mass is 16.5. The lowest BCUT2D eigenvalue weighted by atomic mass is 9.89. The van der Waals surface area contributed by atoms with E-state index in [9.17, 15) is 4.79 Å². The van der Waals surface area contributed by atoms with Crippen LogP contribution in [0.1, 0.15) is 44.6 Å². The fourth-order valence-electron chi connectivity index (χ4n) is 2.66. The fraction of sp³-hybridized carbons (Fsp3) is 0.350. The zero-order valence-electron chi connectivity index (χ0n) is 13.5. The first-order valence-electron chi connectivity index (χ1n) is 8.00. The molecule has 0 radical (unpaired) electrons. The molecule has 2 rings (SSSR count). The summed E-state index contributed by atoms with van der Waals surface area (Å²) in [5, 5.41) is 0. The number of carbonyl (C=O) groups is 1. The molecule has 2 nitrogen and oxygen atoms in total. The molecule has 1 aliphatic rings. The molecule has 1 aromatic carbocycles. The summed E-state index contributed by atoms with van der Waals surface area (Å²) in [6, 6.07) is 10.0. The van der Waals surface area contributed by atoms with Crippen molar-refractivity contribution in [1.29, 1.82) is 0 Å². The van der Waals surface area contributed by atoms with Crippen LogP contribution in [0, 0.1) is 0 Å². The van der Waals surface area contributed by atoms with Gasteiger partial charge >= 0.3 is 5.97 Å². The zero-order valence-corrected chi connectivity index (χ0v) is 13.5.